The maximum Gasteiger partial charge on any atom is 0.193 e. The highest BCUT2D eigenvalue weighted by Gasteiger charge is 2.22. The minimum Gasteiger partial charge on any atom is -0.294 e. The maximum atomic E-state index is 13.0. The average molecular weight is 369 g/mol. The lowest BCUT2D eigenvalue weighted by Crippen LogP contribution is -2.08. The predicted octanol–water partition coefficient (Wildman–Crippen LogP) is 6.09. The van der Waals surface area contributed by atoms with Gasteiger partial charge in [-0.1, -0.05) is 53.5 Å². The normalized spacial score (nSPS) is 10.5. The van der Waals surface area contributed by atoms with Crippen LogP contribution in [0.5, 0.6) is 0 Å². The topological polar surface area (TPSA) is 34.1 Å². The van der Waals surface area contributed by atoms with Gasteiger partial charge in [-0.05, 0) is 48.9 Å². The maximum absolute atomic E-state index is 13.0. The van der Waals surface area contributed by atoms with Crippen molar-refractivity contribution in [2.45, 2.75) is 6.92 Å². The third kappa shape index (κ3) is 3.51. The van der Waals surface area contributed by atoms with Gasteiger partial charge >= 0.3 is 0 Å². The van der Waals surface area contributed by atoms with Crippen molar-refractivity contribution >= 4 is 34.8 Å². The molecular formula is C21H14Cl2O2. The van der Waals surface area contributed by atoms with E-state index in [1.807, 2.05) is 30.3 Å². The van der Waals surface area contributed by atoms with E-state index in [1.165, 1.54) is 6.92 Å². The number of halogens is 2. The van der Waals surface area contributed by atoms with Crippen LogP contribution >= 0.6 is 23.2 Å². The van der Waals surface area contributed by atoms with Crippen molar-refractivity contribution in [3.63, 3.8) is 0 Å². The van der Waals surface area contributed by atoms with Gasteiger partial charge in [0, 0.05) is 27.3 Å². The highest BCUT2D eigenvalue weighted by molar-refractivity contribution is 6.35. The molecule has 0 aromatic heterocycles. The lowest BCUT2D eigenvalue weighted by atomic mass is 9.89. The van der Waals surface area contributed by atoms with Gasteiger partial charge in [-0.3, -0.25) is 9.59 Å². The Morgan fingerprint density at radius 1 is 0.800 bits per heavy atom. The smallest absolute Gasteiger partial charge is 0.193 e. The summed E-state index contributed by atoms with van der Waals surface area (Å²) in [6.07, 6.45) is 0. The molecule has 3 aromatic rings. The third-order valence-electron chi connectivity index (χ3n) is 3.92. The zero-order chi connectivity index (χ0) is 18.0. The number of carbonyl (C=O) groups is 2. The number of Topliss-reactive ketones (excluding diaryl/α,β-unsaturated/α-hetero) is 1. The average Bonchev–Trinajstić information content (AvgIpc) is 2.62. The second kappa shape index (κ2) is 7.22. The molecule has 0 aliphatic heterocycles. The van der Waals surface area contributed by atoms with Crippen LogP contribution in [0.3, 0.4) is 0 Å². The van der Waals surface area contributed by atoms with E-state index in [1.54, 1.807) is 36.4 Å². The predicted molar refractivity (Wildman–Crippen MR) is 102 cm³/mol. The summed E-state index contributed by atoms with van der Waals surface area (Å²) in [5.74, 6) is -0.371. The first-order valence-corrected chi connectivity index (χ1v) is 8.43. The van der Waals surface area contributed by atoms with E-state index in [2.05, 4.69) is 0 Å². The monoisotopic (exact) mass is 368 g/mol. The Morgan fingerprint density at radius 3 is 2.04 bits per heavy atom. The summed E-state index contributed by atoms with van der Waals surface area (Å²) in [5, 5.41) is 0.888. The summed E-state index contributed by atoms with van der Waals surface area (Å²) in [6, 6.07) is 19.2. The summed E-state index contributed by atoms with van der Waals surface area (Å²) in [6.45, 7) is 1.45. The van der Waals surface area contributed by atoms with Crippen molar-refractivity contribution < 1.29 is 9.59 Å². The molecule has 0 aliphatic rings. The van der Waals surface area contributed by atoms with E-state index in [0.717, 1.165) is 5.56 Å². The summed E-state index contributed by atoms with van der Waals surface area (Å²) < 4.78 is 0. The van der Waals surface area contributed by atoms with Crippen molar-refractivity contribution in [2.24, 2.45) is 0 Å². The summed E-state index contributed by atoms with van der Waals surface area (Å²) >= 11 is 12.2. The van der Waals surface area contributed by atoms with Crippen LogP contribution in [0.2, 0.25) is 10.0 Å². The first kappa shape index (κ1) is 17.4. The van der Waals surface area contributed by atoms with Crippen molar-refractivity contribution in [1.29, 1.82) is 0 Å². The van der Waals surface area contributed by atoms with Gasteiger partial charge in [0.25, 0.3) is 0 Å². The van der Waals surface area contributed by atoms with Gasteiger partial charge in [0.2, 0.25) is 0 Å². The lowest BCUT2D eigenvalue weighted by molar-refractivity contribution is 0.101. The van der Waals surface area contributed by atoms with Crippen molar-refractivity contribution in [3.05, 3.63) is 93.5 Å². The Bertz CT molecular complexity index is 946. The molecule has 0 amide bonds. The molecule has 0 bridgehead atoms. The Hall–Kier alpha value is -2.42. The summed E-state index contributed by atoms with van der Waals surface area (Å²) in [7, 11) is 0. The number of hydrogen-bond donors (Lipinski definition) is 0. The molecule has 0 unspecified atom stereocenters. The van der Waals surface area contributed by atoms with Crippen LogP contribution in [0.15, 0.2) is 66.7 Å². The first-order chi connectivity index (χ1) is 12.0. The highest BCUT2D eigenvalue weighted by atomic mass is 35.5. The molecule has 0 radical (unpaired) electrons. The minimum atomic E-state index is -0.186. The van der Waals surface area contributed by atoms with Gasteiger partial charge in [-0.2, -0.15) is 0 Å². The highest BCUT2D eigenvalue weighted by Crippen LogP contribution is 2.34. The number of carbonyl (C=O) groups excluding carboxylic acids is 2. The molecule has 3 rings (SSSR count). The molecule has 0 aliphatic carbocycles. The largest absolute Gasteiger partial charge is 0.294 e. The van der Waals surface area contributed by atoms with Crippen molar-refractivity contribution in [1.82, 2.24) is 0 Å². The minimum absolute atomic E-state index is 0.185. The van der Waals surface area contributed by atoms with Gasteiger partial charge in [0.1, 0.15) is 0 Å². The van der Waals surface area contributed by atoms with Crippen LogP contribution in [0.25, 0.3) is 11.1 Å². The van der Waals surface area contributed by atoms with Crippen LogP contribution in [0.4, 0.5) is 0 Å². The van der Waals surface area contributed by atoms with Gasteiger partial charge in [-0.15, -0.1) is 0 Å². The molecule has 124 valence electrons. The van der Waals surface area contributed by atoms with Crippen LogP contribution in [-0.4, -0.2) is 11.6 Å². The number of rotatable bonds is 4. The molecule has 4 heteroatoms. The molecule has 0 atom stereocenters. The summed E-state index contributed by atoms with van der Waals surface area (Å²) in [4.78, 5) is 25.2. The van der Waals surface area contributed by atoms with Gasteiger partial charge < -0.3 is 0 Å². The SMILES string of the molecule is CC(=O)c1c(Cl)ccc(C(=O)c2ccc(Cl)cc2)c1-c1ccccc1. The molecule has 3 aromatic carbocycles. The second-order valence-corrected chi connectivity index (χ2v) is 6.45. The molecule has 0 fully saturated rings. The number of ketones is 2. The molecule has 0 saturated carbocycles. The first-order valence-electron chi connectivity index (χ1n) is 7.68. The van der Waals surface area contributed by atoms with Gasteiger partial charge in [0.15, 0.2) is 11.6 Å². The van der Waals surface area contributed by atoms with E-state index in [-0.39, 0.29) is 11.6 Å². The fourth-order valence-electron chi connectivity index (χ4n) is 2.77. The Morgan fingerprint density at radius 2 is 1.44 bits per heavy atom. The van der Waals surface area contributed by atoms with E-state index in [9.17, 15) is 9.59 Å². The Kier molecular flexibility index (Phi) is 5.03. The van der Waals surface area contributed by atoms with E-state index < -0.39 is 0 Å². The van der Waals surface area contributed by atoms with Crippen LogP contribution in [0.1, 0.15) is 33.2 Å². The fraction of sp³-hybridized carbons (Fsp3) is 0.0476. The van der Waals surface area contributed by atoms with Crippen molar-refractivity contribution in [2.75, 3.05) is 0 Å². The van der Waals surface area contributed by atoms with Gasteiger partial charge in [-0.25, -0.2) is 0 Å². The van der Waals surface area contributed by atoms with E-state index in [4.69, 9.17) is 23.2 Å². The molecule has 0 N–H and O–H groups in total. The van der Waals surface area contributed by atoms with Crippen LogP contribution in [-0.2, 0) is 0 Å². The van der Waals surface area contributed by atoms with Crippen molar-refractivity contribution in [3.8, 4) is 11.1 Å². The summed E-state index contributed by atoms with van der Waals surface area (Å²) in [5.41, 5.74) is 2.61. The third-order valence-corrected chi connectivity index (χ3v) is 4.49. The number of hydrogen-bond acceptors (Lipinski definition) is 2. The van der Waals surface area contributed by atoms with E-state index >= 15 is 0 Å². The molecular weight excluding hydrogens is 355 g/mol. The zero-order valence-electron chi connectivity index (χ0n) is 13.4. The fourth-order valence-corrected chi connectivity index (χ4v) is 3.19. The molecule has 25 heavy (non-hydrogen) atoms. The zero-order valence-corrected chi connectivity index (χ0v) is 14.9. The Balaban J connectivity index is 2.26. The van der Waals surface area contributed by atoms with Crippen LogP contribution in [0, 0.1) is 0 Å². The Labute approximate surface area is 156 Å². The molecule has 0 saturated heterocycles. The molecule has 0 heterocycles. The standard InChI is InChI=1S/C21H14Cl2O2/c1-13(24)19-18(23)12-11-17(20(19)14-5-3-2-4-6-14)21(25)15-7-9-16(22)10-8-15/h2-12H,1H3. The lowest BCUT2D eigenvalue weighted by Gasteiger charge is -2.15. The van der Waals surface area contributed by atoms with Crippen LogP contribution < -0.4 is 0 Å². The second-order valence-electron chi connectivity index (χ2n) is 5.60. The molecule has 2 nitrogen and oxygen atoms in total. The van der Waals surface area contributed by atoms with E-state index in [0.29, 0.717) is 32.3 Å². The number of benzene rings is 3. The molecule has 0 spiro atoms. The quantitative estimate of drug-likeness (QED) is 0.521. The van der Waals surface area contributed by atoms with Gasteiger partial charge in [0.05, 0.1) is 5.02 Å².